The van der Waals surface area contributed by atoms with Crippen molar-refractivity contribution in [2.45, 2.75) is 45.3 Å². The molecular weight excluding hydrogens is 236 g/mol. The van der Waals surface area contributed by atoms with Crippen molar-refractivity contribution >= 4 is 11.9 Å². The fraction of sp³-hybridized carbons (Fsp3) is 0.833. The number of nitrogens with two attached hydrogens (primary N) is 1. The third-order valence-corrected chi connectivity index (χ3v) is 2.88. The van der Waals surface area contributed by atoms with Gasteiger partial charge in [-0.3, -0.25) is 9.59 Å². The molecule has 6 nitrogen and oxygen atoms in total. The first-order valence-corrected chi connectivity index (χ1v) is 6.18. The summed E-state index contributed by atoms with van der Waals surface area (Å²) in [6.45, 7) is 3.71. The maximum atomic E-state index is 11.6. The maximum absolute atomic E-state index is 11.6. The number of carbonyl (C=O) groups excluding carboxylic acids is 1. The average Bonchev–Trinajstić information content (AvgIpc) is 2.30. The highest BCUT2D eigenvalue weighted by atomic mass is 16.5. The minimum absolute atomic E-state index is 0.0114. The zero-order valence-electron chi connectivity index (χ0n) is 11.3. The van der Waals surface area contributed by atoms with Gasteiger partial charge in [0.25, 0.3) is 5.91 Å². The molecule has 6 heteroatoms. The van der Waals surface area contributed by atoms with Crippen molar-refractivity contribution in [3.63, 3.8) is 0 Å². The van der Waals surface area contributed by atoms with Gasteiger partial charge in [-0.2, -0.15) is 0 Å². The number of rotatable bonds is 9. The highest BCUT2D eigenvalue weighted by Gasteiger charge is 2.18. The Balaban J connectivity index is 3.87. The van der Waals surface area contributed by atoms with E-state index in [1.807, 2.05) is 6.92 Å². The Hall–Kier alpha value is -1.14. The summed E-state index contributed by atoms with van der Waals surface area (Å²) in [5.41, 5.74) is 5.38. The molecule has 0 fully saturated rings. The summed E-state index contributed by atoms with van der Waals surface area (Å²) in [6, 6.07) is -0.0114. The molecule has 0 aliphatic carbocycles. The molecule has 0 spiro atoms. The molecule has 0 heterocycles. The molecule has 0 aliphatic rings. The van der Waals surface area contributed by atoms with Crippen molar-refractivity contribution in [2.24, 2.45) is 11.7 Å². The van der Waals surface area contributed by atoms with Crippen molar-refractivity contribution in [3.8, 4) is 0 Å². The molecule has 3 atom stereocenters. The molecule has 18 heavy (non-hydrogen) atoms. The Bertz CT molecular complexity index is 267. The van der Waals surface area contributed by atoms with Crippen molar-refractivity contribution in [1.82, 2.24) is 5.32 Å². The van der Waals surface area contributed by atoms with Gasteiger partial charge in [0.2, 0.25) is 0 Å². The van der Waals surface area contributed by atoms with Crippen LogP contribution in [0.2, 0.25) is 0 Å². The first kappa shape index (κ1) is 16.9. The molecule has 0 saturated carbocycles. The van der Waals surface area contributed by atoms with Crippen LogP contribution in [0.1, 0.15) is 33.1 Å². The summed E-state index contributed by atoms with van der Waals surface area (Å²) < 4.78 is 4.92. The van der Waals surface area contributed by atoms with Crippen LogP contribution in [0.3, 0.4) is 0 Å². The second-order valence-electron chi connectivity index (χ2n) is 4.54. The molecule has 0 bridgehead atoms. The standard InChI is InChI=1S/C12H24N2O4/c1-8(12(16)17)5-4-6-9(2)14-11(15)10(7-13)18-3/h8-10H,4-7,13H2,1-3H3,(H,14,15)(H,16,17). The van der Waals surface area contributed by atoms with Gasteiger partial charge in [-0.05, 0) is 19.8 Å². The van der Waals surface area contributed by atoms with Crippen molar-refractivity contribution in [2.75, 3.05) is 13.7 Å². The molecule has 0 aromatic rings. The van der Waals surface area contributed by atoms with E-state index in [9.17, 15) is 9.59 Å². The molecular formula is C12H24N2O4. The molecule has 106 valence electrons. The van der Waals surface area contributed by atoms with Gasteiger partial charge >= 0.3 is 5.97 Å². The van der Waals surface area contributed by atoms with Gasteiger partial charge in [0.05, 0.1) is 5.92 Å². The number of aliphatic carboxylic acids is 1. The summed E-state index contributed by atoms with van der Waals surface area (Å²) in [7, 11) is 1.44. The van der Waals surface area contributed by atoms with E-state index in [-0.39, 0.29) is 24.4 Å². The highest BCUT2D eigenvalue weighted by molar-refractivity contribution is 5.81. The summed E-state index contributed by atoms with van der Waals surface area (Å²) in [5.74, 6) is -1.35. The second-order valence-corrected chi connectivity index (χ2v) is 4.54. The van der Waals surface area contributed by atoms with Crippen LogP contribution < -0.4 is 11.1 Å². The normalized spacial score (nSPS) is 15.8. The number of carboxylic acids is 1. The summed E-state index contributed by atoms with van der Waals surface area (Å²) in [5, 5.41) is 11.5. The van der Waals surface area contributed by atoms with Gasteiger partial charge in [-0.1, -0.05) is 13.3 Å². The molecule has 3 unspecified atom stereocenters. The van der Waals surface area contributed by atoms with Gasteiger partial charge in [-0.15, -0.1) is 0 Å². The number of amides is 1. The second kappa shape index (κ2) is 8.88. The summed E-state index contributed by atoms with van der Waals surface area (Å²) in [4.78, 5) is 22.2. The van der Waals surface area contributed by atoms with Crippen molar-refractivity contribution in [1.29, 1.82) is 0 Å². The fourth-order valence-corrected chi connectivity index (χ4v) is 1.57. The third kappa shape index (κ3) is 6.56. The van der Waals surface area contributed by atoms with E-state index in [1.54, 1.807) is 6.92 Å². The lowest BCUT2D eigenvalue weighted by molar-refractivity contribution is -0.141. The maximum Gasteiger partial charge on any atom is 0.306 e. The summed E-state index contributed by atoms with van der Waals surface area (Å²) >= 11 is 0. The van der Waals surface area contributed by atoms with E-state index in [0.717, 1.165) is 12.8 Å². The molecule has 4 N–H and O–H groups in total. The quantitative estimate of drug-likeness (QED) is 0.555. The van der Waals surface area contributed by atoms with E-state index < -0.39 is 12.1 Å². The first-order valence-electron chi connectivity index (χ1n) is 6.18. The average molecular weight is 260 g/mol. The number of carbonyl (C=O) groups is 2. The molecule has 1 amide bonds. The van der Waals surface area contributed by atoms with Crippen molar-refractivity contribution in [3.05, 3.63) is 0 Å². The topological polar surface area (TPSA) is 102 Å². The third-order valence-electron chi connectivity index (χ3n) is 2.88. The first-order chi connectivity index (χ1) is 8.42. The van der Waals surface area contributed by atoms with Gasteiger partial charge in [0.1, 0.15) is 6.10 Å². The van der Waals surface area contributed by atoms with E-state index in [1.165, 1.54) is 7.11 Å². The van der Waals surface area contributed by atoms with Crippen LogP contribution in [0, 0.1) is 5.92 Å². The van der Waals surface area contributed by atoms with E-state index >= 15 is 0 Å². The SMILES string of the molecule is COC(CN)C(=O)NC(C)CCCC(C)C(=O)O. The molecule has 0 radical (unpaired) electrons. The number of hydrogen-bond donors (Lipinski definition) is 3. The van der Waals surface area contributed by atoms with Crippen LogP contribution in [-0.2, 0) is 14.3 Å². The molecule has 0 aliphatic heterocycles. The molecule has 0 saturated heterocycles. The van der Waals surface area contributed by atoms with Crippen LogP contribution in [0.25, 0.3) is 0 Å². The lowest BCUT2D eigenvalue weighted by Crippen LogP contribution is -2.44. The Morgan fingerprint density at radius 3 is 2.39 bits per heavy atom. The molecule has 0 aromatic carbocycles. The van der Waals surface area contributed by atoms with Gasteiger partial charge in [0, 0.05) is 19.7 Å². The van der Waals surface area contributed by atoms with Crippen LogP contribution in [0.5, 0.6) is 0 Å². The van der Waals surface area contributed by atoms with Gasteiger partial charge in [-0.25, -0.2) is 0 Å². The van der Waals surface area contributed by atoms with Crippen molar-refractivity contribution < 1.29 is 19.4 Å². The van der Waals surface area contributed by atoms with E-state index in [4.69, 9.17) is 15.6 Å². The number of carboxylic acid groups (broad SMARTS) is 1. The Morgan fingerprint density at radius 1 is 1.33 bits per heavy atom. The zero-order valence-corrected chi connectivity index (χ0v) is 11.3. The Kier molecular flexibility index (Phi) is 8.32. The largest absolute Gasteiger partial charge is 0.481 e. The predicted molar refractivity (Wildman–Crippen MR) is 68.1 cm³/mol. The lowest BCUT2D eigenvalue weighted by Gasteiger charge is -2.18. The number of hydrogen-bond acceptors (Lipinski definition) is 4. The molecule has 0 aromatic heterocycles. The van der Waals surface area contributed by atoms with Gasteiger partial charge in [0.15, 0.2) is 0 Å². The minimum Gasteiger partial charge on any atom is -0.481 e. The van der Waals surface area contributed by atoms with Crippen LogP contribution >= 0.6 is 0 Å². The highest BCUT2D eigenvalue weighted by Crippen LogP contribution is 2.09. The lowest BCUT2D eigenvalue weighted by atomic mass is 10.0. The Morgan fingerprint density at radius 2 is 1.94 bits per heavy atom. The monoisotopic (exact) mass is 260 g/mol. The van der Waals surface area contributed by atoms with E-state index in [2.05, 4.69) is 5.32 Å². The zero-order chi connectivity index (χ0) is 14.1. The van der Waals surface area contributed by atoms with Crippen LogP contribution in [-0.4, -0.2) is 42.8 Å². The van der Waals surface area contributed by atoms with E-state index in [0.29, 0.717) is 6.42 Å². The molecule has 0 rings (SSSR count). The van der Waals surface area contributed by atoms with Crippen LogP contribution in [0.4, 0.5) is 0 Å². The smallest absolute Gasteiger partial charge is 0.306 e. The predicted octanol–water partition coefficient (Wildman–Crippen LogP) is 0.356. The number of methoxy groups -OCH3 is 1. The number of ether oxygens (including phenoxy) is 1. The van der Waals surface area contributed by atoms with Gasteiger partial charge < -0.3 is 20.9 Å². The number of nitrogens with one attached hydrogen (secondary N) is 1. The van der Waals surface area contributed by atoms with Crippen LogP contribution in [0.15, 0.2) is 0 Å². The fourth-order valence-electron chi connectivity index (χ4n) is 1.57. The Labute approximate surface area is 108 Å². The minimum atomic E-state index is -0.783. The summed E-state index contributed by atoms with van der Waals surface area (Å²) in [6.07, 6.45) is 1.49.